The highest BCUT2D eigenvalue weighted by atomic mass is 16.6. The summed E-state index contributed by atoms with van der Waals surface area (Å²) in [5.74, 6) is -2.93. The minimum absolute atomic E-state index is 0.0155. The molecule has 0 saturated carbocycles. The van der Waals surface area contributed by atoms with Crippen molar-refractivity contribution in [3.05, 3.63) is 65.2 Å². The zero-order chi connectivity index (χ0) is 23.2. The van der Waals surface area contributed by atoms with Crippen molar-refractivity contribution >= 4 is 29.6 Å². The molecule has 2 aromatic rings. The van der Waals surface area contributed by atoms with Gasteiger partial charge >= 0.3 is 18.0 Å². The van der Waals surface area contributed by atoms with E-state index in [1.165, 1.54) is 30.3 Å². The first-order valence-corrected chi connectivity index (χ1v) is 9.39. The molecule has 0 atom stereocenters. The Labute approximate surface area is 179 Å². The highest BCUT2D eigenvalue weighted by Gasteiger charge is 2.21. The second kappa shape index (κ2) is 9.75. The van der Waals surface area contributed by atoms with Crippen LogP contribution in [0.4, 0.5) is 10.5 Å². The number of carbonyl (C=O) groups is 4. The van der Waals surface area contributed by atoms with Gasteiger partial charge in [-0.1, -0.05) is 12.1 Å². The van der Waals surface area contributed by atoms with E-state index in [0.29, 0.717) is 5.56 Å². The third-order valence-corrected chi connectivity index (χ3v) is 3.97. The lowest BCUT2D eigenvalue weighted by atomic mass is 10.1. The standard InChI is InChI=1S/C22H24N2O7/c1-22(2,3)31-21(30)23-12-14-5-4-6-16(11-14)19(27)24(13-18(25)26)17-9-7-15(8-10-17)20(28)29/h4-11H,12-13H2,1-3H3,(H,23,30)(H,25,26)(H,28,29). The van der Waals surface area contributed by atoms with Crippen LogP contribution in [0.5, 0.6) is 0 Å². The number of hydrogen-bond acceptors (Lipinski definition) is 5. The van der Waals surface area contributed by atoms with Gasteiger partial charge in [-0.2, -0.15) is 0 Å². The molecule has 9 nitrogen and oxygen atoms in total. The average molecular weight is 428 g/mol. The SMILES string of the molecule is CC(C)(C)OC(=O)NCc1cccc(C(=O)N(CC(=O)O)c2ccc(C(=O)O)cc2)c1. The molecule has 2 aromatic carbocycles. The molecule has 2 amide bonds. The van der Waals surface area contributed by atoms with Crippen LogP contribution in [0.15, 0.2) is 48.5 Å². The van der Waals surface area contributed by atoms with E-state index in [1.807, 2.05) is 0 Å². The lowest BCUT2D eigenvalue weighted by molar-refractivity contribution is -0.135. The van der Waals surface area contributed by atoms with Crippen LogP contribution in [-0.2, 0) is 16.1 Å². The van der Waals surface area contributed by atoms with Crippen LogP contribution in [0.25, 0.3) is 0 Å². The molecule has 0 aliphatic carbocycles. The number of benzene rings is 2. The summed E-state index contributed by atoms with van der Waals surface area (Å²) in [6.45, 7) is 4.73. The first-order valence-electron chi connectivity index (χ1n) is 9.39. The molecule has 9 heteroatoms. The molecular weight excluding hydrogens is 404 g/mol. The number of rotatable bonds is 7. The Morgan fingerprint density at radius 3 is 2.16 bits per heavy atom. The van der Waals surface area contributed by atoms with Gasteiger partial charge in [0, 0.05) is 17.8 Å². The third kappa shape index (κ3) is 7.14. The van der Waals surface area contributed by atoms with Crippen molar-refractivity contribution in [1.82, 2.24) is 5.32 Å². The van der Waals surface area contributed by atoms with Crippen LogP contribution in [0.2, 0.25) is 0 Å². The Kier molecular flexibility index (Phi) is 7.36. The van der Waals surface area contributed by atoms with E-state index in [-0.39, 0.29) is 23.4 Å². The monoisotopic (exact) mass is 428 g/mol. The molecule has 0 aliphatic rings. The van der Waals surface area contributed by atoms with Crippen LogP contribution in [-0.4, -0.2) is 46.3 Å². The number of aliphatic carboxylic acids is 1. The zero-order valence-corrected chi connectivity index (χ0v) is 17.4. The summed E-state index contributed by atoms with van der Waals surface area (Å²) in [5.41, 5.74) is 0.451. The number of hydrogen-bond donors (Lipinski definition) is 3. The quantitative estimate of drug-likeness (QED) is 0.617. The molecule has 0 bridgehead atoms. The van der Waals surface area contributed by atoms with Crippen molar-refractivity contribution in [2.24, 2.45) is 0 Å². The summed E-state index contributed by atoms with van der Waals surface area (Å²) < 4.78 is 5.17. The van der Waals surface area contributed by atoms with Gasteiger partial charge in [0.1, 0.15) is 12.1 Å². The molecule has 0 radical (unpaired) electrons. The Morgan fingerprint density at radius 2 is 1.61 bits per heavy atom. The van der Waals surface area contributed by atoms with E-state index in [9.17, 15) is 24.3 Å². The maximum Gasteiger partial charge on any atom is 0.407 e. The number of ether oxygens (including phenoxy) is 1. The van der Waals surface area contributed by atoms with Gasteiger partial charge < -0.3 is 20.3 Å². The Morgan fingerprint density at radius 1 is 0.968 bits per heavy atom. The van der Waals surface area contributed by atoms with Crippen molar-refractivity contribution in [3.8, 4) is 0 Å². The number of carboxylic acids is 2. The topological polar surface area (TPSA) is 133 Å². The van der Waals surface area contributed by atoms with E-state index in [0.717, 1.165) is 4.90 Å². The van der Waals surface area contributed by atoms with Crippen molar-refractivity contribution < 1.29 is 34.1 Å². The molecule has 0 unspecified atom stereocenters. The lowest BCUT2D eigenvalue weighted by Gasteiger charge is -2.22. The average Bonchev–Trinajstić information content (AvgIpc) is 2.69. The van der Waals surface area contributed by atoms with Gasteiger partial charge in [0.05, 0.1) is 5.56 Å². The maximum absolute atomic E-state index is 13.0. The molecule has 0 spiro atoms. The Balaban J connectivity index is 2.21. The molecule has 0 fully saturated rings. The zero-order valence-electron chi connectivity index (χ0n) is 17.4. The van der Waals surface area contributed by atoms with Crippen LogP contribution >= 0.6 is 0 Å². The summed E-state index contributed by atoms with van der Waals surface area (Å²) in [7, 11) is 0. The summed E-state index contributed by atoms with van der Waals surface area (Å²) in [6, 6.07) is 11.7. The molecule has 0 heterocycles. The van der Waals surface area contributed by atoms with Crippen LogP contribution < -0.4 is 10.2 Å². The fourth-order valence-electron chi connectivity index (χ4n) is 2.66. The molecule has 164 valence electrons. The van der Waals surface area contributed by atoms with Gasteiger partial charge in [-0.05, 0) is 62.7 Å². The number of carbonyl (C=O) groups excluding carboxylic acids is 2. The smallest absolute Gasteiger partial charge is 0.407 e. The molecular formula is C22H24N2O7. The molecule has 0 aliphatic heterocycles. The summed E-state index contributed by atoms with van der Waals surface area (Å²) in [5, 5.41) is 20.8. The van der Waals surface area contributed by atoms with E-state index in [1.54, 1.807) is 39.0 Å². The van der Waals surface area contributed by atoms with Gasteiger partial charge in [-0.25, -0.2) is 9.59 Å². The molecule has 31 heavy (non-hydrogen) atoms. The number of amides is 2. The predicted octanol–water partition coefficient (Wildman–Crippen LogP) is 3.14. The largest absolute Gasteiger partial charge is 0.480 e. The van der Waals surface area contributed by atoms with Crippen LogP contribution in [0.3, 0.4) is 0 Å². The van der Waals surface area contributed by atoms with E-state index >= 15 is 0 Å². The van der Waals surface area contributed by atoms with Gasteiger partial charge in [0.25, 0.3) is 5.91 Å². The van der Waals surface area contributed by atoms with E-state index in [4.69, 9.17) is 9.84 Å². The normalized spacial score (nSPS) is 10.8. The number of aromatic carboxylic acids is 1. The first kappa shape index (κ1) is 23.4. The van der Waals surface area contributed by atoms with Crippen molar-refractivity contribution in [2.45, 2.75) is 32.9 Å². The van der Waals surface area contributed by atoms with Crippen LogP contribution in [0, 0.1) is 0 Å². The van der Waals surface area contributed by atoms with E-state index in [2.05, 4.69) is 5.32 Å². The van der Waals surface area contributed by atoms with Gasteiger partial charge in [0.15, 0.2) is 0 Å². The number of nitrogens with zero attached hydrogens (tertiary/aromatic N) is 1. The minimum Gasteiger partial charge on any atom is -0.480 e. The van der Waals surface area contributed by atoms with Gasteiger partial charge in [-0.3, -0.25) is 14.5 Å². The third-order valence-electron chi connectivity index (χ3n) is 3.97. The van der Waals surface area contributed by atoms with Crippen LogP contribution in [0.1, 0.15) is 47.1 Å². The Hall–Kier alpha value is -3.88. The summed E-state index contributed by atoms with van der Waals surface area (Å²) in [6.07, 6.45) is -0.602. The highest BCUT2D eigenvalue weighted by molar-refractivity contribution is 6.08. The number of carboxylic acid groups (broad SMARTS) is 2. The first-order chi connectivity index (χ1) is 14.5. The van der Waals surface area contributed by atoms with Gasteiger partial charge in [0.2, 0.25) is 0 Å². The second-order valence-corrected chi connectivity index (χ2v) is 7.69. The summed E-state index contributed by atoms with van der Waals surface area (Å²) in [4.78, 5) is 48.2. The fourth-order valence-corrected chi connectivity index (χ4v) is 2.66. The highest BCUT2D eigenvalue weighted by Crippen LogP contribution is 2.19. The molecule has 0 saturated heterocycles. The number of alkyl carbamates (subject to hydrolysis) is 1. The molecule has 2 rings (SSSR count). The number of nitrogens with one attached hydrogen (secondary N) is 1. The fraction of sp³-hybridized carbons (Fsp3) is 0.273. The van der Waals surface area contributed by atoms with Crippen molar-refractivity contribution in [2.75, 3.05) is 11.4 Å². The molecule has 3 N–H and O–H groups in total. The lowest BCUT2D eigenvalue weighted by Crippen LogP contribution is -2.36. The maximum atomic E-state index is 13.0. The molecule has 0 aromatic heterocycles. The van der Waals surface area contributed by atoms with Crippen molar-refractivity contribution in [1.29, 1.82) is 0 Å². The minimum atomic E-state index is -1.22. The Bertz CT molecular complexity index is 978. The second-order valence-electron chi connectivity index (χ2n) is 7.69. The van der Waals surface area contributed by atoms with E-state index < -0.39 is 36.1 Å². The van der Waals surface area contributed by atoms with Gasteiger partial charge in [-0.15, -0.1) is 0 Å². The number of anilines is 1. The summed E-state index contributed by atoms with van der Waals surface area (Å²) >= 11 is 0. The van der Waals surface area contributed by atoms with Crippen molar-refractivity contribution in [3.63, 3.8) is 0 Å². The predicted molar refractivity (Wildman–Crippen MR) is 112 cm³/mol.